The van der Waals surface area contributed by atoms with E-state index in [2.05, 4.69) is 5.32 Å². The van der Waals surface area contributed by atoms with Gasteiger partial charge in [0.15, 0.2) is 0 Å². The van der Waals surface area contributed by atoms with E-state index in [9.17, 15) is 18.0 Å². The van der Waals surface area contributed by atoms with Crippen LogP contribution in [0.2, 0.25) is 0 Å². The lowest BCUT2D eigenvalue weighted by Crippen LogP contribution is -2.57. The molecule has 0 spiro atoms. The Morgan fingerprint density at radius 1 is 1.38 bits per heavy atom. The van der Waals surface area contributed by atoms with E-state index in [1.807, 2.05) is 11.8 Å². The second-order valence-electron chi connectivity index (χ2n) is 5.70. The van der Waals surface area contributed by atoms with Crippen molar-refractivity contribution in [3.05, 3.63) is 0 Å². The zero-order valence-electron chi connectivity index (χ0n) is 12.2. The van der Waals surface area contributed by atoms with E-state index in [4.69, 9.17) is 0 Å². The Bertz CT molecular complexity index is 361. The van der Waals surface area contributed by atoms with Crippen LogP contribution in [-0.2, 0) is 0 Å². The number of nitrogens with zero attached hydrogens (tertiary/aromatic N) is 2. The Kier molecular flexibility index (Phi) is 5.65. The number of piperazine rings is 1. The Hall–Kier alpha value is -0.630. The molecule has 21 heavy (non-hydrogen) atoms. The Labute approximate surface area is 127 Å². The number of amides is 2. The van der Waals surface area contributed by atoms with Crippen molar-refractivity contribution in [1.29, 1.82) is 0 Å². The summed E-state index contributed by atoms with van der Waals surface area (Å²) in [5, 5.41) is 3.39. The van der Waals surface area contributed by atoms with Crippen molar-refractivity contribution in [1.82, 2.24) is 15.1 Å². The van der Waals surface area contributed by atoms with Gasteiger partial charge in [-0.2, -0.15) is 24.9 Å². The number of alkyl halides is 3. The highest BCUT2D eigenvalue weighted by atomic mass is 32.2. The average Bonchev–Trinajstić information content (AvgIpc) is 2.90. The first-order valence-corrected chi connectivity index (χ1v) is 8.35. The van der Waals surface area contributed by atoms with Gasteiger partial charge >= 0.3 is 12.2 Å². The minimum Gasteiger partial charge on any atom is -0.337 e. The topological polar surface area (TPSA) is 35.6 Å². The Morgan fingerprint density at radius 3 is 2.71 bits per heavy atom. The summed E-state index contributed by atoms with van der Waals surface area (Å²) >= 11 is 1.87. The van der Waals surface area contributed by atoms with Crippen molar-refractivity contribution in [2.75, 3.05) is 38.5 Å². The lowest BCUT2D eigenvalue weighted by Gasteiger charge is -2.40. The van der Waals surface area contributed by atoms with Crippen LogP contribution in [0.3, 0.4) is 0 Å². The quantitative estimate of drug-likeness (QED) is 0.864. The summed E-state index contributed by atoms with van der Waals surface area (Å²) < 4.78 is 37.3. The Balaban J connectivity index is 1.74. The molecule has 2 heterocycles. The highest BCUT2D eigenvalue weighted by Crippen LogP contribution is 2.25. The predicted molar refractivity (Wildman–Crippen MR) is 77.5 cm³/mol. The van der Waals surface area contributed by atoms with Gasteiger partial charge in [0.05, 0.1) is 6.54 Å². The first-order valence-electron chi connectivity index (χ1n) is 7.30. The maximum Gasteiger partial charge on any atom is 0.401 e. The largest absolute Gasteiger partial charge is 0.401 e. The molecule has 0 aliphatic carbocycles. The second kappa shape index (κ2) is 7.09. The number of hydrogen-bond acceptors (Lipinski definition) is 3. The molecule has 2 unspecified atom stereocenters. The first kappa shape index (κ1) is 16.7. The van der Waals surface area contributed by atoms with Crippen molar-refractivity contribution in [2.45, 2.75) is 37.2 Å². The van der Waals surface area contributed by atoms with Crippen LogP contribution in [0.25, 0.3) is 0 Å². The lowest BCUT2D eigenvalue weighted by molar-refractivity contribution is -0.153. The van der Waals surface area contributed by atoms with E-state index in [-0.39, 0.29) is 18.6 Å². The molecule has 8 heteroatoms. The molecule has 0 aromatic heterocycles. The van der Waals surface area contributed by atoms with E-state index >= 15 is 0 Å². The maximum absolute atomic E-state index is 12.4. The van der Waals surface area contributed by atoms with Crippen LogP contribution in [0.15, 0.2) is 0 Å². The van der Waals surface area contributed by atoms with Crippen molar-refractivity contribution < 1.29 is 18.0 Å². The van der Waals surface area contributed by atoms with Gasteiger partial charge < -0.3 is 10.2 Å². The zero-order valence-corrected chi connectivity index (χ0v) is 13.0. The molecule has 0 saturated carbocycles. The van der Waals surface area contributed by atoms with Gasteiger partial charge in [0.2, 0.25) is 0 Å². The van der Waals surface area contributed by atoms with Gasteiger partial charge in [-0.25, -0.2) is 4.79 Å². The second-order valence-corrected chi connectivity index (χ2v) is 7.11. The minimum absolute atomic E-state index is 0.152. The van der Waals surface area contributed by atoms with Crippen LogP contribution in [0, 0.1) is 0 Å². The molecule has 2 aliphatic heterocycles. The van der Waals surface area contributed by atoms with Crippen molar-refractivity contribution >= 4 is 17.8 Å². The van der Waals surface area contributed by atoms with Gasteiger partial charge in [0.25, 0.3) is 0 Å². The molecule has 0 bridgehead atoms. The molecular weight excluding hydrogens is 303 g/mol. The van der Waals surface area contributed by atoms with Crippen molar-refractivity contribution in [3.8, 4) is 0 Å². The first-order chi connectivity index (χ1) is 9.85. The molecule has 0 aromatic rings. The highest BCUT2D eigenvalue weighted by molar-refractivity contribution is 8.00. The van der Waals surface area contributed by atoms with Gasteiger partial charge in [-0.15, -0.1) is 0 Å². The molecule has 2 saturated heterocycles. The SMILES string of the molecule is CC1CN(C(=O)NCC2CCCS2)CCN1CC(F)(F)F. The maximum atomic E-state index is 12.4. The van der Waals surface area contributed by atoms with Crippen LogP contribution in [0.5, 0.6) is 0 Å². The van der Waals surface area contributed by atoms with Gasteiger partial charge in [-0.05, 0) is 25.5 Å². The van der Waals surface area contributed by atoms with Gasteiger partial charge in [0, 0.05) is 37.5 Å². The third-order valence-corrected chi connectivity index (χ3v) is 5.34. The van der Waals surface area contributed by atoms with Crippen LogP contribution in [-0.4, -0.2) is 71.8 Å². The highest BCUT2D eigenvalue weighted by Gasteiger charge is 2.36. The normalized spacial score (nSPS) is 27.9. The predicted octanol–water partition coefficient (Wildman–Crippen LogP) is 2.16. The van der Waals surface area contributed by atoms with E-state index in [1.54, 1.807) is 11.8 Å². The van der Waals surface area contributed by atoms with E-state index in [0.29, 0.717) is 24.9 Å². The molecule has 2 atom stereocenters. The Morgan fingerprint density at radius 2 is 2.14 bits per heavy atom. The number of carbonyl (C=O) groups is 1. The number of halogens is 3. The van der Waals surface area contributed by atoms with E-state index in [0.717, 1.165) is 12.2 Å². The average molecular weight is 325 g/mol. The smallest absolute Gasteiger partial charge is 0.337 e. The summed E-state index contributed by atoms with van der Waals surface area (Å²) in [5.41, 5.74) is 0. The number of carbonyl (C=O) groups excluding carboxylic acids is 1. The summed E-state index contributed by atoms with van der Waals surface area (Å²) in [6, 6.07) is -0.423. The number of urea groups is 1. The fraction of sp³-hybridized carbons (Fsp3) is 0.923. The van der Waals surface area contributed by atoms with Crippen molar-refractivity contribution in [3.63, 3.8) is 0 Å². The minimum atomic E-state index is -4.18. The molecule has 1 N–H and O–H groups in total. The third-order valence-electron chi connectivity index (χ3n) is 3.94. The van der Waals surface area contributed by atoms with Crippen LogP contribution < -0.4 is 5.32 Å². The molecule has 0 radical (unpaired) electrons. The number of rotatable bonds is 3. The van der Waals surface area contributed by atoms with Gasteiger partial charge in [-0.3, -0.25) is 4.90 Å². The molecular formula is C13H22F3N3OS. The van der Waals surface area contributed by atoms with Crippen LogP contribution in [0.4, 0.5) is 18.0 Å². The van der Waals surface area contributed by atoms with E-state index in [1.165, 1.54) is 11.3 Å². The van der Waals surface area contributed by atoms with Gasteiger partial charge in [-0.1, -0.05) is 0 Å². The fourth-order valence-corrected chi connectivity index (χ4v) is 3.96. The molecule has 4 nitrogen and oxygen atoms in total. The van der Waals surface area contributed by atoms with Crippen LogP contribution in [0.1, 0.15) is 19.8 Å². The standard InChI is InChI=1S/C13H22F3N3OS/c1-10-8-18(4-5-19(10)9-13(14,15)16)12(20)17-7-11-3-2-6-21-11/h10-11H,2-9H2,1H3,(H,17,20). The molecule has 0 aromatic carbocycles. The lowest BCUT2D eigenvalue weighted by atomic mass is 10.2. The summed E-state index contributed by atoms with van der Waals surface area (Å²) in [5.74, 6) is 1.15. The molecule has 2 aliphatic rings. The number of hydrogen-bond donors (Lipinski definition) is 1. The van der Waals surface area contributed by atoms with Gasteiger partial charge in [0.1, 0.15) is 0 Å². The molecule has 122 valence electrons. The summed E-state index contributed by atoms with van der Waals surface area (Å²) in [6.45, 7) is 2.46. The fourth-order valence-electron chi connectivity index (χ4n) is 2.76. The summed E-state index contributed by atoms with van der Waals surface area (Å²) in [7, 11) is 0. The summed E-state index contributed by atoms with van der Waals surface area (Å²) in [6.07, 6.45) is -1.86. The monoisotopic (exact) mass is 325 g/mol. The van der Waals surface area contributed by atoms with Crippen molar-refractivity contribution in [2.24, 2.45) is 0 Å². The number of nitrogens with one attached hydrogen (secondary N) is 1. The number of thioether (sulfide) groups is 1. The van der Waals surface area contributed by atoms with Crippen LogP contribution >= 0.6 is 11.8 Å². The molecule has 2 amide bonds. The third kappa shape index (κ3) is 5.25. The zero-order chi connectivity index (χ0) is 15.5. The molecule has 2 fully saturated rings. The summed E-state index contributed by atoms with van der Waals surface area (Å²) in [4.78, 5) is 15.1. The van der Waals surface area contributed by atoms with E-state index < -0.39 is 12.7 Å². The molecule has 2 rings (SSSR count).